The number of anilines is 1. The Morgan fingerprint density at radius 3 is 2.50 bits per heavy atom. The highest BCUT2D eigenvalue weighted by Crippen LogP contribution is 2.22. The summed E-state index contributed by atoms with van der Waals surface area (Å²) >= 11 is 0. The zero-order valence-electron chi connectivity index (χ0n) is 13.5. The van der Waals surface area contributed by atoms with E-state index in [1.807, 2.05) is 0 Å². The Balaban J connectivity index is 1.74. The Morgan fingerprint density at radius 1 is 1.27 bits per heavy atom. The van der Waals surface area contributed by atoms with Crippen LogP contribution in [0.15, 0.2) is 24.3 Å². The third-order valence-electron chi connectivity index (χ3n) is 4.49. The van der Waals surface area contributed by atoms with E-state index in [0.717, 1.165) is 18.7 Å². The molecule has 0 bridgehead atoms. The van der Waals surface area contributed by atoms with E-state index < -0.39 is 0 Å². The Morgan fingerprint density at radius 2 is 1.91 bits per heavy atom. The number of rotatable bonds is 5. The average molecular weight is 299 g/mol. The minimum atomic E-state index is 0.0435. The van der Waals surface area contributed by atoms with Crippen molar-refractivity contribution in [2.75, 3.05) is 11.9 Å². The van der Waals surface area contributed by atoms with Crippen molar-refractivity contribution in [3.05, 3.63) is 29.8 Å². The molecule has 1 N–H and O–H groups in total. The number of hydrogen-bond donors (Lipinski definition) is 1. The molecule has 2 rings (SSSR count). The number of nitrogens with one attached hydrogen (secondary N) is 1. The minimum Gasteiger partial charge on any atom is -0.326 e. The van der Waals surface area contributed by atoms with Crippen molar-refractivity contribution in [1.29, 1.82) is 5.26 Å². The number of benzene rings is 1. The lowest BCUT2D eigenvalue weighted by molar-refractivity contribution is -0.116. The Labute approximate surface area is 133 Å². The second-order valence-electron chi connectivity index (χ2n) is 6.21. The number of carbonyl (C=O) groups excluding carboxylic acids is 1. The monoisotopic (exact) mass is 299 g/mol. The van der Waals surface area contributed by atoms with Crippen molar-refractivity contribution < 1.29 is 4.79 Å². The van der Waals surface area contributed by atoms with Crippen LogP contribution in [0.25, 0.3) is 0 Å². The van der Waals surface area contributed by atoms with Gasteiger partial charge in [0.2, 0.25) is 5.91 Å². The van der Waals surface area contributed by atoms with Gasteiger partial charge in [0.1, 0.15) is 0 Å². The van der Waals surface area contributed by atoms with Crippen LogP contribution in [0.1, 0.15) is 51.5 Å². The van der Waals surface area contributed by atoms with Crippen molar-refractivity contribution in [1.82, 2.24) is 4.90 Å². The van der Waals surface area contributed by atoms with Crippen LogP contribution < -0.4 is 5.32 Å². The maximum Gasteiger partial charge on any atom is 0.224 e. The van der Waals surface area contributed by atoms with Crippen LogP contribution in [-0.2, 0) is 4.79 Å². The van der Waals surface area contributed by atoms with E-state index in [0.29, 0.717) is 24.1 Å². The highest BCUT2D eigenvalue weighted by molar-refractivity contribution is 5.90. The van der Waals surface area contributed by atoms with Gasteiger partial charge in [0, 0.05) is 24.2 Å². The number of amides is 1. The highest BCUT2D eigenvalue weighted by Gasteiger charge is 2.23. The lowest BCUT2D eigenvalue weighted by atomic mass is 9.97. The Kier molecular flexibility index (Phi) is 5.97. The summed E-state index contributed by atoms with van der Waals surface area (Å²) in [6.07, 6.45) is 5.27. The van der Waals surface area contributed by atoms with Gasteiger partial charge in [-0.05, 0) is 63.9 Å². The lowest BCUT2D eigenvalue weighted by Gasteiger charge is -2.39. The third-order valence-corrected chi connectivity index (χ3v) is 4.49. The molecule has 22 heavy (non-hydrogen) atoms. The fourth-order valence-electron chi connectivity index (χ4n) is 3.19. The van der Waals surface area contributed by atoms with Crippen LogP contribution in [0.4, 0.5) is 5.69 Å². The van der Waals surface area contributed by atoms with E-state index in [1.165, 1.54) is 19.3 Å². The van der Waals surface area contributed by atoms with Crippen molar-refractivity contribution in [3.8, 4) is 6.07 Å². The molecule has 1 saturated heterocycles. The van der Waals surface area contributed by atoms with Crippen molar-refractivity contribution in [2.45, 2.75) is 58.0 Å². The molecule has 0 spiro atoms. The van der Waals surface area contributed by atoms with Gasteiger partial charge < -0.3 is 5.32 Å². The molecule has 2 atom stereocenters. The predicted octanol–water partition coefficient (Wildman–Crippen LogP) is 3.54. The SMILES string of the molecule is CC1CCCC(C)N1CCCC(=O)Nc1ccc(C#N)cc1. The van der Waals surface area contributed by atoms with Gasteiger partial charge in [-0.15, -0.1) is 0 Å². The summed E-state index contributed by atoms with van der Waals surface area (Å²) in [6, 6.07) is 10.3. The Hall–Kier alpha value is -1.86. The van der Waals surface area contributed by atoms with Crippen molar-refractivity contribution in [3.63, 3.8) is 0 Å². The zero-order valence-corrected chi connectivity index (χ0v) is 13.5. The summed E-state index contributed by atoms with van der Waals surface area (Å²) in [7, 11) is 0. The average Bonchev–Trinajstić information content (AvgIpc) is 2.51. The molecule has 0 aliphatic carbocycles. The fourth-order valence-corrected chi connectivity index (χ4v) is 3.19. The molecule has 1 amide bonds. The Bertz CT molecular complexity index is 522. The van der Waals surface area contributed by atoms with Crippen LogP contribution in [0.5, 0.6) is 0 Å². The molecule has 1 aromatic carbocycles. The molecule has 2 unspecified atom stereocenters. The first-order valence-corrected chi connectivity index (χ1v) is 8.16. The van der Waals surface area contributed by atoms with E-state index in [-0.39, 0.29) is 5.91 Å². The molecule has 0 radical (unpaired) electrons. The van der Waals surface area contributed by atoms with Crippen LogP contribution in [-0.4, -0.2) is 29.4 Å². The van der Waals surface area contributed by atoms with Crippen LogP contribution in [0.2, 0.25) is 0 Å². The van der Waals surface area contributed by atoms with E-state index in [4.69, 9.17) is 5.26 Å². The molecule has 1 aliphatic heterocycles. The van der Waals surface area contributed by atoms with Gasteiger partial charge in [0.05, 0.1) is 11.6 Å². The van der Waals surface area contributed by atoms with Crippen LogP contribution >= 0.6 is 0 Å². The van der Waals surface area contributed by atoms with Gasteiger partial charge in [-0.3, -0.25) is 9.69 Å². The van der Waals surface area contributed by atoms with Crippen molar-refractivity contribution in [2.24, 2.45) is 0 Å². The largest absolute Gasteiger partial charge is 0.326 e. The first kappa shape index (κ1) is 16.5. The molecule has 4 nitrogen and oxygen atoms in total. The lowest BCUT2D eigenvalue weighted by Crippen LogP contribution is -2.44. The summed E-state index contributed by atoms with van der Waals surface area (Å²) in [5, 5.41) is 11.6. The topological polar surface area (TPSA) is 56.1 Å². The summed E-state index contributed by atoms with van der Waals surface area (Å²) < 4.78 is 0. The standard InChI is InChI=1S/C18H25N3O/c1-14-5-3-6-15(2)21(14)12-4-7-18(22)20-17-10-8-16(13-19)9-11-17/h8-11,14-15H,3-7,12H2,1-2H3,(H,20,22). The predicted molar refractivity (Wildman–Crippen MR) is 88.5 cm³/mol. The quantitative estimate of drug-likeness (QED) is 0.904. The normalized spacial score (nSPS) is 22.0. The second kappa shape index (κ2) is 7.95. The summed E-state index contributed by atoms with van der Waals surface area (Å²) in [5.41, 5.74) is 1.36. The van der Waals surface area contributed by atoms with Crippen LogP contribution in [0.3, 0.4) is 0 Å². The van der Waals surface area contributed by atoms with E-state index in [2.05, 4.69) is 30.1 Å². The third kappa shape index (κ3) is 4.57. The number of hydrogen-bond acceptors (Lipinski definition) is 3. The number of nitriles is 1. The molecular formula is C18H25N3O. The molecule has 1 fully saturated rings. The van der Waals surface area contributed by atoms with E-state index in [1.54, 1.807) is 24.3 Å². The smallest absolute Gasteiger partial charge is 0.224 e. The first-order chi connectivity index (χ1) is 10.6. The molecule has 4 heteroatoms. The number of piperidine rings is 1. The second-order valence-corrected chi connectivity index (χ2v) is 6.21. The number of likely N-dealkylation sites (tertiary alicyclic amines) is 1. The fraction of sp³-hybridized carbons (Fsp3) is 0.556. The molecule has 0 aromatic heterocycles. The summed E-state index contributed by atoms with van der Waals surface area (Å²) in [4.78, 5) is 14.5. The van der Waals surface area contributed by atoms with E-state index in [9.17, 15) is 4.79 Å². The van der Waals surface area contributed by atoms with Gasteiger partial charge >= 0.3 is 0 Å². The molecule has 1 heterocycles. The first-order valence-electron chi connectivity index (χ1n) is 8.16. The molecule has 1 aromatic rings. The van der Waals surface area contributed by atoms with Gasteiger partial charge in [0.15, 0.2) is 0 Å². The van der Waals surface area contributed by atoms with Gasteiger partial charge in [-0.2, -0.15) is 5.26 Å². The van der Waals surface area contributed by atoms with Gasteiger partial charge in [-0.1, -0.05) is 6.42 Å². The van der Waals surface area contributed by atoms with Crippen molar-refractivity contribution >= 4 is 11.6 Å². The minimum absolute atomic E-state index is 0.0435. The van der Waals surface area contributed by atoms with Gasteiger partial charge in [0.25, 0.3) is 0 Å². The number of carbonyl (C=O) groups is 1. The summed E-state index contributed by atoms with van der Waals surface area (Å²) in [5.74, 6) is 0.0435. The molecular weight excluding hydrogens is 274 g/mol. The maximum absolute atomic E-state index is 12.0. The van der Waals surface area contributed by atoms with Gasteiger partial charge in [-0.25, -0.2) is 0 Å². The molecule has 1 aliphatic rings. The molecule has 118 valence electrons. The number of nitrogens with zero attached hydrogens (tertiary/aromatic N) is 2. The maximum atomic E-state index is 12.0. The molecule has 0 saturated carbocycles. The highest BCUT2D eigenvalue weighted by atomic mass is 16.1. The van der Waals surface area contributed by atoms with Crippen LogP contribution in [0, 0.1) is 11.3 Å². The summed E-state index contributed by atoms with van der Waals surface area (Å²) in [6.45, 7) is 5.56. The van der Waals surface area contributed by atoms with E-state index >= 15 is 0 Å². The zero-order chi connectivity index (χ0) is 15.9.